The Morgan fingerprint density at radius 2 is 1.79 bits per heavy atom. The molecule has 0 fully saturated rings. The summed E-state index contributed by atoms with van der Waals surface area (Å²) >= 11 is 0. The number of carbonyl (C=O) groups excluding carboxylic acids is 1. The number of benzene rings is 2. The lowest BCUT2D eigenvalue weighted by Crippen LogP contribution is -2.28. The SMILES string of the molecule is CCc1nc(C(N)=O)c(Nc2ccc(N(C)CCN(C)C)cc2)nc1Oc1cccc(N)c1. The molecule has 9 nitrogen and oxygen atoms in total. The maximum atomic E-state index is 12.1. The zero-order valence-electron chi connectivity index (χ0n) is 19.5. The van der Waals surface area contributed by atoms with Crippen LogP contribution in [0.1, 0.15) is 23.1 Å². The summed E-state index contributed by atoms with van der Waals surface area (Å²) < 4.78 is 5.93. The minimum absolute atomic E-state index is 0.0546. The van der Waals surface area contributed by atoms with Crippen LogP contribution >= 0.6 is 0 Å². The Labute approximate surface area is 194 Å². The van der Waals surface area contributed by atoms with Gasteiger partial charge in [-0.2, -0.15) is 4.98 Å². The number of likely N-dealkylation sites (N-methyl/N-ethyl adjacent to an activating group) is 2. The van der Waals surface area contributed by atoms with Gasteiger partial charge in [-0.25, -0.2) is 4.98 Å². The molecule has 9 heteroatoms. The second-order valence-corrected chi connectivity index (χ2v) is 7.96. The molecule has 174 valence electrons. The van der Waals surface area contributed by atoms with E-state index >= 15 is 0 Å². The van der Waals surface area contributed by atoms with E-state index in [1.54, 1.807) is 24.3 Å². The molecular weight excluding hydrogens is 418 g/mol. The van der Waals surface area contributed by atoms with Gasteiger partial charge in [0.25, 0.3) is 5.91 Å². The zero-order chi connectivity index (χ0) is 24.0. The third-order valence-corrected chi connectivity index (χ3v) is 5.03. The number of primary amides is 1. The number of nitrogen functional groups attached to an aromatic ring is 1. The predicted molar refractivity (Wildman–Crippen MR) is 132 cm³/mol. The monoisotopic (exact) mass is 449 g/mol. The first kappa shape index (κ1) is 23.8. The Morgan fingerprint density at radius 3 is 2.39 bits per heavy atom. The topological polar surface area (TPSA) is 123 Å². The van der Waals surface area contributed by atoms with Crippen molar-refractivity contribution in [3.63, 3.8) is 0 Å². The number of nitrogens with zero attached hydrogens (tertiary/aromatic N) is 4. The van der Waals surface area contributed by atoms with E-state index in [1.165, 1.54) is 0 Å². The van der Waals surface area contributed by atoms with Crippen molar-refractivity contribution in [1.29, 1.82) is 0 Å². The fraction of sp³-hybridized carbons (Fsp3) is 0.292. The quantitative estimate of drug-likeness (QED) is 0.403. The number of aryl methyl sites for hydroxylation is 1. The maximum Gasteiger partial charge on any atom is 0.271 e. The smallest absolute Gasteiger partial charge is 0.271 e. The van der Waals surface area contributed by atoms with Gasteiger partial charge >= 0.3 is 0 Å². The summed E-state index contributed by atoms with van der Waals surface area (Å²) in [6, 6.07) is 14.9. The molecular formula is C24H31N7O2. The molecule has 0 aliphatic carbocycles. The van der Waals surface area contributed by atoms with Crippen molar-refractivity contribution in [2.75, 3.05) is 50.2 Å². The summed E-state index contributed by atoms with van der Waals surface area (Å²) in [5, 5.41) is 3.15. The fourth-order valence-electron chi connectivity index (χ4n) is 3.13. The van der Waals surface area contributed by atoms with Crippen molar-refractivity contribution in [2.45, 2.75) is 13.3 Å². The molecule has 2 aromatic carbocycles. The van der Waals surface area contributed by atoms with Gasteiger partial charge in [0.05, 0.1) is 0 Å². The second kappa shape index (κ2) is 10.6. The standard InChI is InChI=1S/C24H31N7O2/c1-5-20-24(33-19-8-6-7-16(25)15-19)29-23(21(28-20)22(26)32)27-17-9-11-18(12-10-17)31(4)14-13-30(2)3/h6-12,15H,5,13-14,25H2,1-4H3,(H2,26,32)(H,27,29). The summed E-state index contributed by atoms with van der Waals surface area (Å²) in [5.74, 6) is 0.375. The molecule has 0 aliphatic heterocycles. The van der Waals surface area contributed by atoms with E-state index in [9.17, 15) is 4.79 Å². The Balaban J connectivity index is 1.87. The van der Waals surface area contributed by atoms with Crippen molar-refractivity contribution < 1.29 is 9.53 Å². The highest BCUT2D eigenvalue weighted by molar-refractivity contribution is 5.96. The van der Waals surface area contributed by atoms with Gasteiger partial charge in [0.2, 0.25) is 5.88 Å². The lowest BCUT2D eigenvalue weighted by atomic mass is 10.2. The van der Waals surface area contributed by atoms with E-state index < -0.39 is 5.91 Å². The van der Waals surface area contributed by atoms with E-state index in [4.69, 9.17) is 16.2 Å². The zero-order valence-corrected chi connectivity index (χ0v) is 19.5. The van der Waals surface area contributed by atoms with Crippen LogP contribution in [0.2, 0.25) is 0 Å². The molecule has 0 bridgehead atoms. The predicted octanol–water partition coefficient (Wildman–Crippen LogP) is 3.25. The minimum atomic E-state index is -0.671. The van der Waals surface area contributed by atoms with Crippen LogP contribution in [-0.4, -0.2) is 55.0 Å². The summed E-state index contributed by atoms with van der Waals surface area (Å²) in [4.78, 5) is 25.3. The first-order valence-corrected chi connectivity index (χ1v) is 10.7. The molecule has 0 atom stereocenters. The van der Waals surface area contributed by atoms with Gasteiger partial charge in [0.1, 0.15) is 11.4 Å². The van der Waals surface area contributed by atoms with E-state index in [2.05, 4.69) is 25.1 Å². The maximum absolute atomic E-state index is 12.1. The summed E-state index contributed by atoms with van der Waals surface area (Å²) in [6.45, 7) is 3.76. The third-order valence-electron chi connectivity index (χ3n) is 5.03. The van der Waals surface area contributed by atoms with Crippen LogP contribution in [0.25, 0.3) is 0 Å². The molecule has 0 saturated carbocycles. The number of nitrogens with one attached hydrogen (secondary N) is 1. The highest BCUT2D eigenvalue weighted by Crippen LogP contribution is 2.29. The molecule has 3 aromatic rings. The largest absolute Gasteiger partial charge is 0.437 e. The summed E-state index contributed by atoms with van der Waals surface area (Å²) in [5.41, 5.74) is 14.4. The molecule has 1 aromatic heterocycles. The van der Waals surface area contributed by atoms with Crippen molar-refractivity contribution in [2.24, 2.45) is 5.73 Å². The lowest BCUT2D eigenvalue weighted by Gasteiger charge is -2.22. The number of ether oxygens (including phenoxy) is 1. The first-order chi connectivity index (χ1) is 15.8. The number of amides is 1. The van der Waals surface area contributed by atoms with Crippen molar-refractivity contribution in [3.8, 4) is 11.6 Å². The summed E-state index contributed by atoms with van der Waals surface area (Å²) in [7, 11) is 6.14. The Morgan fingerprint density at radius 1 is 1.06 bits per heavy atom. The second-order valence-electron chi connectivity index (χ2n) is 7.96. The Hall–Kier alpha value is -3.85. The lowest BCUT2D eigenvalue weighted by molar-refractivity contribution is 0.0996. The molecule has 0 unspecified atom stereocenters. The number of hydrogen-bond acceptors (Lipinski definition) is 8. The molecule has 33 heavy (non-hydrogen) atoms. The van der Waals surface area contributed by atoms with Gasteiger partial charge < -0.3 is 31.3 Å². The number of carbonyl (C=O) groups is 1. The molecule has 1 heterocycles. The summed E-state index contributed by atoms with van der Waals surface area (Å²) in [6.07, 6.45) is 0.513. The van der Waals surface area contributed by atoms with Crippen molar-refractivity contribution >= 4 is 28.8 Å². The van der Waals surface area contributed by atoms with Gasteiger partial charge in [-0.15, -0.1) is 0 Å². The van der Waals surface area contributed by atoms with Crippen molar-refractivity contribution in [1.82, 2.24) is 14.9 Å². The Bertz CT molecular complexity index is 1100. The van der Waals surface area contributed by atoms with Gasteiger partial charge in [0, 0.05) is 43.3 Å². The van der Waals surface area contributed by atoms with Crippen LogP contribution in [0, 0.1) is 0 Å². The van der Waals surface area contributed by atoms with Gasteiger partial charge in [-0.05, 0) is 56.9 Å². The molecule has 5 N–H and O–H groups in total. The van der Waals surface area contributed by atoms with Crippen LogP contribution in [0.5, 0.6) is 11.6 Å². The average Bonchev–Trinajstić information content (AvgIpc) is 2.78. The van der Waals surface area contributed by atoms with E-state index in [-0.39, 0.29) is 17.4 Å². The number of nitrogens with two attached hydrogens (primary N) is 2. The minimum Gasteiger partial charge on any atom is -0.437 e. The van der Waals surface area contributed by atoms with Crippen LogP contribution in [-0.2, 0) is 6.42 Å². The normalized spacial score (nSPS) is 10.8. The van der Waals surface area contributed by atoms with Gasteiger partial charge in [-0.3, -0.25) is 4.79 Å². The number of aromatic nitrogens is 2. The highest BCUT2D eigenvalue weighted by atomic mass is 16.5. The molecule has 0 saturated heterocycles. The van der Waals surface area contributed by atoms with E-state index in [0.717, 1.165) is 24.5 Å². The molecule has 3 rings (SSSR count). The van der Waals surface area contributed by atoms with E-state index in [1.807, 2.05) is 52.3 Å². The molecule has 0 radical (unpaired) electrons. The number of hydrogen-bond donors (Lipinski definition) is 3. The average molecular weight is 450 g/mol. The fourth-order valence-corrected chi connectivity index (χ4v) is 3.13. The molecule has 1 amide bonds. The molecule has 0 spiro atoms. The first-order valence-electron chi connectivity index (χ1n) is 10.7. The van der Waals surface area contributed by atoms with Crippen LogP contribution < -0.4 is 26.4 Å². The Kier molecular flexibility index (Phi) is 7.68. The van der Waals surface area contributed by atoms with Gasteiger partial charge in [0.15, 0.2) is 11.5 Å². The number of anilines is 4. The van der Waals surface area contributed by atoms with Crippen LogP contribution in [0.3, 0.4) is 0 Å². The highest BCUT2D eigenvalue weighted by Gasteiger charge is 2.19. The third kappa shape index (κ3) is 6.33. The van der Waals surface area contributed by atoms with Crippen LogP contribution in [0.15, 0.2) is 48.5 Å². The van der Waals surface area contributed by atoms with Gasteiger partial charge in [-0.1, -0.05) is 13.0 Å². The van der Waals surface area contributed by atoms with E-state index in [0.29, 0.717) is 23.6 Å². The van der Waals surface area contributed by atoms with Crippen molar-refractivity contribution in [3.05, 3.63) is 59.9 Å². The number of rotatable bonds is 10. The molecule has 0 aliphatic rings. The van der Waals surface area contributed by atoms with Crippen LogP contribution in [0.4, 0.5) is 22.9 Å².